The van der Waals surface area contributed by atoms with E-state index in [1.165, 1.54) is 0 Å². The Morgan fingerprint density at radius 3 is 2.06 bits per heavy atom. The number of nitrogens with two attached hydrogens (primary N) is 1. The second-order valence-electron chi connectivity index (χ2n) is 4.03. The molecule has 0 aliphatic carbocycles. The van der Waals surface area contributed by atoms with Crippen LogP contribution < -0.4 is 10.6 Å². The maximum atomic E-state index is 11.7. The van der Waals surface area contributed by atoms with E-state index in [0.717, 1.165) is 16.8 Å². The van der Waals surface area contributed by atoms with E-state index in [9.17, 15) is 4.79 Å². The maximum absolute atomic E-state index is 11.7. The summed E-state index contributed by atoms with van der Waals surface area (Å²) in [4.78, 5) is 13.3. The number of hydrogen-bond donors (Lipinski definition) is 1. The SMILES string of the molecule is Cc1cc(C)cc(N(C)C(=O)[C@H](C)N)c1.Cl. The van der Waals surface area contributed by atoms with Crippen LogP contribution in [0.15, 0.2) is 18.2 Å². The molecule has 4 heteroatoms. The predicted molar refractivity (Wildman–Crippen MR) is 70.2 cm³/mol. The van der Waals surface area contributed by atoms with Gasteiger partial charge in [-0.15, -0.1) is 12.4 Å². The zero-order valence-corrected chi connectivity index (χ0v) is 11.0. The van der Waals surface area contributed by atoms with Gasteiger partial charge in [0.2, 0.25) is 5.91 Å². The summed E-state index contributed by atoms with van der Waals surface area (Å²) in [6.07, 6.45) is 0. The number of benzene rings is 1. The molecule has 0 saturated heterocycles. The normalized spacial score (nSPS) is 11.6. The lowest BCUT2D eigenvalue weighted by atomic mass is 10.1. The van der Waals surface area contributed by atoms with Gasteiger partial charge in [-0.2, -0.15) is 0 Å². The summed E-state index contributed by atoms with van der Waals surface area (Å²) < 4.78 is 0. The van der Waals surface area contributed by atoms with Crippen LogP contribution in [0.2, 0.25) is 0 Å². The Balaban J connectivity index is 0.00000225. The second kappa shape index (κ2) is 5.87. The van der Waals surface area contributed by atoms with Gasteiger partial charge in [0.15, 0.2) is 0 Å². The molecule has 3 nitrogen and oxygen atoms in total. The minimum absolute atomic E-state index is 0. The topological polar surface area (TPSA) is 46.3 Å². The van der Waals surface area contributed by atoms with Gasteiger partial charge < -0.3 is 10.6 Å². The van der Waals surface area contributed by atoms with Gasteiger partial charge in [-0.1, -0.05) is 6.07 Å². The molecule has 0 radical (unpaired) electrons. The summed E-state index contributed by atoms with van der Waals surface area (Å²) in [7, 11) is 1.75. The van der Waals surface area contributed by atoms with Crippen molar-refractivity contribution in [2.75, 3.05) is 11.9 Å². The third kappa shape index (κ3) is 3.51. The molecule has 90 valence electrons. The molecule has 0 spiro atoms. The average Bonchev–Trinajstić information content (AvgIpc) is 2.13. The summed E-state index contributed by atoms with van der Waals surface area (Å²) in [5.74, 6) is -0.0694. The molecule has 1 amide bonds. The molecule has 1 rings (SSSR count). The van der Waals surface area contributed by atoms with Gasteiger partial charge in [-0.25, -0.2) is 0 Å². The molecule has 0 aliphatic heterocycles. The standard InChI is InChI=1S/C12H18N2O.ClH/c1-8-5-9(2)7-11(6-8)14(4)12(15)10(3)13;/h5-7,10H,13H2,1-4H3;1H/t10-;/m0./s1. The van der Waals surface area contributed by atoms with Gasteiger partial charge in [-0.3, -0.25) is 4.79 Å². The van der Waals surface area contributed by atoms with Crippen LogP contribution in [0.3, 0.4) is 0 Å². The van der Waals surface area contributed by atoms with Gasteiger partial charge in [0.1, 0.15) is 0 Å². The Morgan fingerprint density at radius 2 is 1.69 bits per heavy atom. The molecule has 1 aromatic rings. The van der Waals surface area contributed by atoms with E-state index in [2.05, 4.69) is 6.07 Å². The van der Waals surface area contributed by atoms with Crippen molar-refractivity contribution in [2.24, 2.45) is 5.73 Å². The first kappa shape index (κ1) is 14.9. The number of carbonyl (C=O) groups is 1. The molecular weight excluding hydrogens is 224 g/mol. The van der Waals surface area contributed by atoms with Gasteiger partial charge in [0, 0.05) is 12.7 Å². The molecule has 0 unspecified atom stereocenters. The Morgan fingerprint density at radius 1 is 1.25 bits per heavy atom. The average molecular weight is 243 g/mol. The van der Waals surface area contributed by atoms with E-state index in [4.69, 9.17) is 5.73 Å². The van der Waals surface area contributed by atoms with Crippen LogP contribution in [0.4, 0.5) is 5.69 Å². The van der Waals surface area contributed by atoms with Gasteiger partial charge in [-0.05, 0) is 44.0 Å². The highest BCUT2D eigenvalue weighted by molar-refractivity contribution is 5.96. The van der Waals surface area contributed by atoms with Crippen molar-refractivity contribution in [3.05, 3.63) is 29.3 Å². The number of likely N-dealkylation sites (N-methyl/N-ethyl adjacent to an activating group) is 1. The molecule has 0 aromatic heterocycles. The summed E-state index contributed by atoms with van der Waals surface area (Å²) in [6.45, 7) is 5.73. The lowest BCUT2D eigenvalue weighted by Gasteiger charge is -2.20. The van der Waals surface area contributed by atoms with E-state index in [-0.39, 0.29) is 18.3 Å². The van der Waals surface area contributed by atoms with Crippen LogP contribution in [0.25, 0.3) is 0 Å². The zero-order chi connectivity index (χ0) is 11.6. The number of aryl methyl sites for hydroxylation is 2. The number of nitrogens with zero attached hydrogens (tertiary/aromatic N) is 1. The molecule has 0 aliphatic rings. The van der Waals surface area contributed by atoms with Crippen molar-refractivity contribution in [1.29, 1.82) is 0 Å². The van der Waals surface area contributed by atoms with E-state index in [0.29, 0.717) is 0 Å². The Kier molecular flexibility index (Phi) is 5.48. The summed E-state index contributed by atoms with van der Waals surface area (Å²) in [6, 6.07) is 5.57. The van der Waals surface area contributed by atoms with E-state index >= 15 is 0 Å². The predicted octanol–water partition coefficient (Wildman–Crippen LogP) is 2.04. The van der Waals surface area contributed by atoms with Crippen LogP contribution in [-0.2, 0) is 4.79 Å². The zero-order valence-electron chi connectivity index (χ0n) is 10.2. The van der Waals surface area contributed by atoms with Crippen LogP contribution in [0, 0.1) is 13.8 Å². The number of carbonyl (C=O) groups excluding carboxylic acids is 1. The van der Waals surface area contributed by atoms with E-state index < -0.39 is 6.04 Å². The maximum Gasteiger partial charge on any atom is 0.243 e. The monoisotopic (exact) mass is 242 g/mol. The van der Waals surface area contributed by atoms with E-state index in [1.54, 1.807) is 18.9 Å². The van der Waals surface area contributed by atoms with E-state index in [1.807, 2.05) is 26.0 Å². The Hall–Kier alpha value is -1.06. The quantitative estimate of drug-likeness (QED) is 0.863. The smallest absolute Gasteiger partial charge is 0.243 e. The first-order valence-electron chi connectivity index (χ1n) is 5.03. The summed E-state index contributed by atoms with van der Waals surface area (Å²) >= 11 is 0. The fourth-order valence-electron chi connectivity index (χ4n) is 1.58. The number of rotatable bonds is 2. The van der Waals surface area contributed by atoms with Gasteiger partial charge in [0.25, 0.3) is 0 Å². The third-order valence-corrected chi connectivity index (χ3v) is 2.31. The minimum atomic E-state index is -0.462. The molecule has 0 saturated carbocycles. The molecule has 1 aromatic carbocycles. The molecule has 0 bridgehead atoms. The molecule has 0 heterocycles. The van der Waals surface area contributed by atoms with Gasteiger partial charge in [0.05, 0.1) is 6.04 Å². The fourth-order valence-corrected chi connectivity index (χ4v) is 1.58. The highest BCUT2D eigenvalue weighted by atomic mass is 35.5. The van der Waals surface area contributed by atoms with Crippen molar-refractivity contribution in [2.45, 2.75) is 26.8 Å². The number of hydrogen-bond acceptors (Lipinski definition) is 2. The second-order valence-corrected chi connectivity index (χ2v) is 4.03. The molecule has 0 fully saturated rings. The third-order valence-electron chi connectivity index (χ3n) is 2.31. The Labute approximate surface area is 103 Å². The minimum Gasteiger partial charge on any atom is -0.320 e. The van der Waals surface area contributed by atoms with Crippen molar-refractivity contribution in [3.8, 4) is 0 Å². The van der Waals surface area contributed by atoms with Crippen LogP contribution in [0.5, 0.6) is 0 Å². The van der Waals surface area contributed by atoms with Crippen LogP contribution in [-0.4, -0.2) is 19.0 Å². The molecule has 16 heavy (non-hydrogen) atoms. The fraction of sp³-hybridized carbons (Fsp3) is 0.417. The number of anilines is 1. The van der Waals surface area contributed by atoms with Crippen molar-refractivity contribution < 1.29 is 4.79 Å². The summed E-state index contributed by atoms with van der Waals surface area (Å²) in [5, 5.41) is 0. The summed E-state index contributed by atoms with van der Waals surface area (Å²) in [5.41, 5.74) is 8.75. The van der Waals surface area contributed by atoms with Crippen LogP contribution in [0.1, 0.15) is 18.1 Å². The lowest BCUT2D eigenvalue weighted by molar-refractivity contribution is -0.119. The van der Waals surface area contributed by atoms with Crippen LogP contribution >= 0.6 is 12.4 Å². The molecular formula is C12H19ClN2O. The first-order valence-corrected chi connectivity index (χ1v) is 5.03. The van der Waals surface area contributed by atoms with Crippen molar-refractivity contribution in [1.82, 2.24) is 0 Å². The van der Waals surface area contributed by atoms with Crippen molar-refractivity contribution in [3.63, 3.8) is 0 Å². The highest BCUT2D eigenvalue weighted by Crippen LogP contribution is 2.17. The Bertz CT molecular complexity index is 357. The number of amides is 1. The first-order chi connectivity index (χ1) is 6.91. The van der Waals surface area contributed by atoms with Crippen molar-refractivity contribution >= 4 is 24.0 Å². The largest absolute Gasteiger partial charge is 0.320 e. The van der Waals surface area contributed by atoms with Gasteiger partial charge >= 0.3 is 0 Å². The molecule has 2 N–H and O–H groups in total. The molecule has 1 atom stereocenters. The lowest BCUT2D eigenvalue weighted by Crippen LogP contribution is -2.39. The highest BCUT2D eigenvalue weighted by Gasteiger charge is 2.15. The number of halogens is 1.